The van der Waals surface area contributed by atoms with Crippen molar-refractivity contribution in [3.63, 3.8) is 0 Å². The van der Waals surface area contributed by atoms with Crippen LogP contribution in [0.2, 0.25) is 0 Å². The van der Waals surface area contributed by atoms with Crippen LogP contribution in [0.4, 0.5) is 4.79 Å². The molecule has 0 aromatic carbocycles. The van der Waals surface area contributed by atoms with Gasteiger partial charge in [-0.1, -0.05) is 74.3 Å². The Morgan fingerprint density at radius 3 is 2.21 bits per heavy atom. The van der Waals surface area contributed by atoms with Crippen molar-refractivity contribution in [3.8, 4) is 0 Å². The van der Waals surface area contributed by atoms with Crippen LogP contribution in [-0.2, 0) is 19.2 Å². The Bertz CT molecular complexity index is 1560. The van der Waals surface area contributed by atoms with Crippen LogP contribution in [-0.4, -0.2) is 99.9 Å². The van der Waals surface area contributed by atoms with Crippen LogP contribution in [0, 0.1) is 40.8 Å². The highest BCUT2D eigenvalue weighted by molar-refractivity contribution is 6.38. The van der Waals surface area contributed by atoms with Crippen molar-refractivity contribution >= 4 is 41.4 Å². The molecule has 0 radical (unpaired) electrons. The van der Waals surface area contributed by atoms with Crippen molar-refractivity contribution in [2.24, 2.45) is 28.6 Å². The first kappa shape index (κ1) is 40.0. The lowest BCUT2D eigenvalue weighted by atomic mass is 9.84. The number of carbonyl (C=O) groups excluding carboxylic acids is 7. The largest absolute Gasteiger partial charge is 0.346 e. The van der Waals surface area contributed by atoms with Gasteiger partial charge in [0.15, 0.2) is 0 Å². The van der Waals surface area contributed by atoms with Crippen LogP contribution in [0.25, 0.3) is 0 Å². The molecule has 1 aromatic heterocycles. The molecule has 4 rings (SSSR count). The third kappa shape index (κ3) is 9.16. The van der Waals surface area contributed by atoms with Gasteiger partial charge >= 0.3 is 6.03 Å². The van der Waals surface area contributed by atoms with E-state index in [4.69, 9.17) is 0 Å². The predicted molar refractivity (Wildman–Crippen MR) is 191 cm³/mol. The Morgan fingerprint density at radius 2 is 1.65 bits per heavy atom. The highest BCUT2D eigenvalue weighted by Gasteiger charge is 2.48. The number of carbonyl (C=O) groups is 7. The SMILES string of the molecule is C=CCNC(=O)C(=O)C(CC1CC1)NC(=O)[C@@H]1[C@@H](C(C)C)CCN1C(=O)[C@@H](NC(=O)N[C@H](CN1C(=O)c2c#cncc2C1=O)C(C)(C)C)C(C)(C)C. The van der Waals surface area contributed by atoms with E-state index in [0.29, 0.717) is 12.8 Å². The predicted octanol–water partition coefficient (Wildman–Crippen LogP) is 2.44. The molecule has 282 valence electrons. The molecule has 5 atom stereocenters. The van der Waals surface area contributed by atoms with E-state index in [1.807, 2.05) is 34.6 Å². The van der Waals surface area contributed by atoms with Gasteiger partial charge in [-0.15, -0.1) is 6.58 Å². The Kier molecular flexibility index (Phi) is 12.2. The van der Waals surface area contributed by atoms with E-state index in [0.717, 1.165) is 17.7 Å². The number of nitrogens with one attached hydrogen (secondary N) is 4. The molecule has 7 amide bonds. The van der Waals surface area contributed by atoms with E-state index < -0.39 is 76.3 Å². The number of ketones is 1. The van der Waals surface area contributed by atoms with Crippen LogP contribution in [0.1, 0.15) is 102 Å². The number of hydrogen-bond acceptors (Lipinski definition) is 8. The second-order valence-corrected chi connectivity index (χ2v) is 16.6. The lowest BCUT2D eigenvalue weighted by Gasteiger charge is -2.38. The summed E-state index contributed by atoms with van der Waals surface area (Å²) in [4.78, 5) is 101. The molecule has 1 aliphatic carbocycles. The van der Waals surface area contributed by atoms with Gasteiger partial charge in [-0.2, -0.15) is 0 Å². The van der Waals surface area contributed by atoms with E-state index in [2.05, 4.69) is 45.1 Å². The number of fused-ring (bicyclic) bond motifs is 1. The molecule has 3 aliphatic rings. The van der Waals surface area contributed by atoms with Gasteiger partial charge in [0.25, 0.3) is 17.7 Å². The molecule has 1 aromatic rings. The number of urea groups is 1. The van der Waals surface area contributed by atoms with E-state index in [-0.39, 0.29) is 48.5 Å². The molecule has 14 nitrogen and oxygen atoms in total. The van der Waals surface area contributed by atoms with E-state index in [1.54, 1.807) is 20.8 Å². The number of imide groups is 1. The van der Waals surface area contributed by atoms with Gasteiger partial charge in [0.1, 0.15) is 17.6 Å². The Hall–Kier alpha value is -4.80. The zero-order valence-electron chi connectivity index (χ0n) is 31.6. The van der Waals surface area contributed by atoms with E-state index in [9.17, 15) is 33.6 Å². The molecule has 2 fully saturated rings. The fourth-order valence-corrected chi connectivity index (χ4v) is 6.73. The average molecular weight is 720 g/mol. The molecule has 4 N–H and O–H groups in total. The first-order valence-corrected chi connectivity index (χ1v) is 18.0. The van der Waals surface area contributed by atoms with Gasteiger partial charge in [-0.3, -0.25) is 33.7 Å². The van der Waals surface area contributed by atoms with Crippen LogP contribution in [0.3, 0.4) is 0 Å². The maximum Gasteiger partial charge on any atom is 0.315 e. The van der Waals surface area contributed by atoms with Crippen molar-refractivity contribution in [3.05, 3.63) is 42.2 Å². The summed E-state index contributed by atoms with van der Waals surface area (Å²) in [7, 11) is 0. The summed E-state index contributed by atoms with van der Waals surface area (Å²) >= 11 is 0. The van der Waals surface area contributed by atoms with Gasteiger partial charge in [0, 0.05) is 19.3 Å². The third-order valence-electron chi connectivity index (χ3n) is 10.1. The molecule has 2 aliphatic heterocycles. The molecule has 3 heterocycles. The van der Waals surface area contributed by atoms with E-state index >= 15 is 0 Å². The zero-order valence-corrected chi connectivity index (χ0v) is 31.6. The van der Waals surface area contributed by atoms with Gasteiger partial charge in [0.2, 0.25) is 17.6 Å². The lowest BCUT2D eigenvalue weighted by Crippen LogP contribution is -2.62. The summed E-state index contributed by atoms with van der Waals surface area (Å²) in [5.74, 6) is -3.65. The molecule has 1 unspecified atom stereocenters. The average Bonchev–Trinajstić information content (AvgIpc) is 3.71. The van der Waals surface area contributed by atoms with Gasteiger partial charge in [0.05, 0.1) is 30.4 Å². The Labute approximate surface area is 306 Å². The minimum Gasteiger partial charge on any atom is -0.346 e. The number of nitrogens with zero attached hydrogens (tertiary/aromatic N) is 3. The van der Waals surface area contributed by atoms with Crippen LogP contribution < -0.4 is 21.3 Å². The van der Waals surface area contributed by atoms with Crippen LogP contribution in [0.5, 0.6) is 0 Å². The lowest BCUT2D eigenvalue weighted by molar-refractivity contribution is -0.144. The quantitative estimate of drug-likeness (QED) is 0.128. The zero-order chi connectivity index (χ0) is 38.7. The third-order valence-corrected chi connectivity index (χ3v) is 10.1. The molecule has 0 spiro atoms. The fourth-order valence-electron chi connectivity index (χ4n) is 6.73. The number of likely N-dealkylation sites (tertiary alicyclic amines) is 1. The van der Waals surface area contributed by atoms with Crippen molar-refractivity contribution in [1.82, 2.24) is 36.1 Å². The Balaban J connectivity index is 1.53. The van der Waals surface area contributed by atoms with Crippen LogP contribution >= 0.6 is 0 Å². The maximum absolute atomic E-state index is 14.5. The van der Waals surface area contributed by atoms with Crippen molar-refractivity contribution in [2.75, 3.05) is 19.6 Å². The first-order valence-electron chi connectivity index (χ1n) is 18.0. The second kappa shape index (κ2) is 15.8. The maximum atomic E-state index is 14.5. The number of hydrogen-bond donors (Lipinski definition) is 4. The molecule has 0 bridgehead atoms. The number of rotatable bonds is 14. The number of Topliss-reactive ketones (excluding diaryl/α,β-unsaturated/α-hetero) is 1. The Morgan fingerprint density at radius 1 is 0.981 bits per heavy atom. The minimum atomic E-state index is -1.08. The molecular weight excluding hydrogens is 666 g/mol. The highest BCUT2D eigenvalue weighted by atomic mass is 16.2. The summed E-state index contributed by atoms with van der Waals surface area (Å²) in [6.45, 7) is 18.7. The molecule has 1 saturated carbocycles. The summed E-state index contributed by atoms with van der Waals surface area (Å²) in [5, 5.41) is 11.0. The highest BCUT2D eigenvalue weighted by Crippen LogP contribution is 2.36. The van der Waals surface area contributed by atoms with Gasteiger partial charge in [-0.05, 0) is 47.5 Å². The molecule has 52 heavy (non-hydrogen) atoms. The van der Waals surface area contributed by atoms with E-state index in [1.165, 1.54) is 17.2 Å². The summed E-state index contributed by atoms with van der Waals surface area (Å²) in [5.41, 5.74) is -1.25. The van der Waals surface area contributed by atoms with Crippen molar-refractivity contribution in [2.45, 2.75) is 105 Å². The second-order valence-electron chi connectivity index (χ2n) is 16.6. The minimum absolute atomic E-state index is 0.00679. The van der Waals surface area contributed by atoms with Crippen LogP contribution in [0.15, 0.2) is 18.9 Å². The first-order chi connectivity index (χ1) is 24.3. The molecule has 1 saturated heterocycles. The molecule has 14 heteroatoms. The summed E-state index contributed by atoms with van der Waals surface area (Å²) in [6, 6.07) is -1.87. The monoisotopic (exact) mass is 719 g/mol. The van der Waals surface area contributed by atoms with Crippen molar-refractivity contribution < 1.29 is 33.6 Å². The normalized spacial score (nSPS) is 20.4. The fraction of sp³-hybridized carbons (Fsp3) is 0.632. The summed E-state index contributed by atoms with van der Waals surface area (Å²) < 4.78 is 0. The smallest absolute Gasteiger partial charge is 0.315 e. The van der Waals surface area contributed by atoms with Crippen molar-refractivity contribution in [1.29, 1.82) is 0 Å². The number of aromatic nitrogens is 1. The van der Waals surface area contributed by atoms with Gasteiger partial charge in [-0.25, -0.2) is 9.78 Å². The molecular formula is C38H53N7O7. The standard InChI is InChI=1S/C38H53N7O7/c1-10-15-40-32(48)29(46)26(18-22-11-12-22)41-31(47)28-23(21(2)3)14-17-44(28)35(51)30(38(7,8)9)43-36(52)42-27(37(4,5)6)20-45-33(49)24-13-16-39-19-25(24)34(45)50/h10,19,21-23,26-28,30H,1,11-12,14-15,17-18,20H2,2-9H3,(H,40,48)(H,41,47)(H2,42,43,52)/t23-,26?,27-,28+,30-/m1/s1. The van der Waals surface area contributed by atoms with Gasteiger partial charge < -0.3 is 26.2 Å². The topological polar surface area (TPSA) is 187 Å². The number of amides is 7. The summed E-state index contributed by atoms with van der Waals surface area (Å²) in [6.07, 6.45) is 7.84.